The van der Waals surface area contributed by atoms with E-state index in [-0.39, 0.29) is 0 Å². The van der Waals surface area contributed by atoms with Crippen molar-refractivity contribution in [2.45, 2.75) is 10.8 Å². The van der Waals surface area contributed by atoms with Gasteiger partial charge in [0.25, 0.3) is 0 Å². The summed E-state index contributed by atoms with van der Waals surface area (Å²) in [7, 11) is 0. The van der Waals surface area contributed by atoms with Crippen molar-refractivity contribution >= 4 is 39.0 Å². The Bertz CT molecular complexity index is 4430. The number of furan rings is 1. The molecule has 0 fully saturated rings. The first-order chi connectivity index (χ1) is 37.7. The number of anilines is 3. The predicted molar refractivity (Wildman–Crippen MR) is 313 cm³/mol. The lowest BCUT2D eigenvalue weighted by atomic mass is 9.67. The Morgan fingerprint density at radius 1 is 0.276 bits per heavy atom. The zero-order chi connectivity index (χ0) is 50.0. The molecule has 16 rings (SSSR count). The van der Waals surface area contributed by atoms with Crippen LogP contribution in [0.5, 0.6) is 0 Å². The van der Waals surface area contributed by atoms with E-state index in [1.165, 1.54) is 94.6 Å². The third-order valence-electron chi connectivity index (χ3n) is 17.0. The van der Waals surface area contributed by atoms with Gasteiger partial charge in [0.15, 0.2) is 0 Å². The van der Waals surface area contributed by atoms with Gasteiger partial charge in [-0.05, 0) is 143 Å². The van der Waals surface area contributed by atoms with Crippen LogP contribution in [0, 0.1) is 0 Å². The van der Waals surface area contributed by atoms with Gasteiger partial charge in [-0.2, -0.15) is 0 Å². The van der Waals surface area contributed by atoms with Crippen molar-refractivity contribution in [1.29, 1.82) is 0 Å². The molecule has 1 heterocycles. The van der Waals surface area contributed by atoms with Crippen molar-refractivity contribution in [3.05, 3.63) is 330 Å². The molecule has 1 spiro atoms. The van der Waals surface area contributed by atoms with Crippen LogP contribution in [0.4, 0.5) is 17.1 Å². The van der Waals surface area contributed by atoms with E-state index in [1.54, 1.807) is 0 Å². The fourth-order valence-electron chi connectivity index (χ4n) is 14.0. The van der Waals surface area contributed by atoms with Crippen molar-refractivity contribution in [2.75, 3.05) is 4.90 Å². The van der Waals surface area contributed by atoms with Gasteiger partial charge in [0.05, 0.1) is 27.6 Å². The number of benzene rings is 12. The van der Waals surface area contributed by atoms with E-state index in [0.29, 0.717) is 0 Å². The van der Waals surface area contributed by atoms with Gasteiger partial charge in [0.2, 0.25) is 0 Å². The van der Waals surface area contributed by atoms with Crippen LogP contribution in [0.3, 0.4) is 0 Å². The molecule has 13 aromatic rings. The summed E-state index contributed by atoms with van der Waals surface area (Å²) in [6.07, 6.45) is 0. The summed E-state index contributed by atoms with van der Waals surface area (Å²) < 4.78 is 6.89. The van der Waals surface area contributed by atoms with E-state index in [0.717, 1.165) is 44.6 Å². The lowest BCUT2D eigenvalue weighted by Crippen LogP contribution is -2.29. The smallest absolute Gasteiger partial charge is 0.137 e. The highest BCUT2D eigenvalue weighted by Gasteiger charge is 2.53. The maximum Gasteiger partial charge on any atom is 0.137 e. The summed E-state index contributed by atoms with van der Waals surface area (Å²) in [5.41, 5.74) is 26.2. The van der Waals surface area contributed by atoms with Crippen LogP contribution in [0.1, 0.15) is 44.5 Å². The summed E-state index contributed by atoms with van der Waals surface area (Å²) in [5, 5.41) is 2.14. The minimum absolute atomic E-state index is 0.521. The third kappa shape index (κ3) is 5.81. The maximum atomic E-state index is 6.89. The number of nitrogens with zero attached hydrogens (tertiary/aromatic N) is 1. The highest BCUT2D eigenvalue weighted by Crippen LogP contribution is 2.65. The first-order valence-corrected chi connectivity index (χ1v) is 26.4. The van der Waals surface area contributed by atoms with Crippen LogP contribution in [-0.2, 0) is 10.8 Å². The van der Waals surface area contributed by atoms with E-state index in [4.69, 9.17) is 4.42 Å². The summed E-state index contributed by atoms with van der Waals surface area (Å²) in [6, 6.07) is 106. The standard InChI is InChI=1S/C74H47NO/c1-4-21-48(22-5-1)50-42-44-69-60(45-50)72-68(39-20-40-70(72)76-69)75(67-38-19-37-65-71(67)59-32-13-17-36-64(59)74(65)62-34-15-11-29-55(62)56-30-12-16-35-63(56)74)54-28-18-27-53(47-54)73(52-25-8-3-9-26-52)61-33-14-10-31-57(61)58-43-41-51(46-66(58)73)49-23-6-2-7-24-49/h1-47H. The maximum absolute atomic E-state index is 6.89. The highest BCUT2D eigenvalue weighted by atomic mass is 16.3. The molecule has 2 heteroatoms. The average molecular weight is 966 g/mol. The molecular formula is C74H47NO. The van der Waals surface area contributed by atoms with Crippen LogP contribution in [0.15, 0.2) is 290 Å². The van der Waals surface area contributed by atoms with Gasteiger partial charge < -0.3 is 9.32 Å². The van der Waals surface area contributed by atoms with Crippen molar-refractivity contribution in [3.63, 3.8) is 0 Å². The third-order valence-corrected chi connectivity index (χ3v) is 17.0. The van der Waals surface area contributed by atoms with E-state index in [2.05, 4.69) is 290 Å². The Kier molecular flexibility index (Phi) is 9.20. The van der Waals surface area contributed by atoms with Crippen molar-refractivity contribution in [2.24, 2.45) is 0 Å². The first kappa shape index (κ1) is 42.7. The minimum Gasteiger partial charge on any atom is -0.456 e. The van der Waals surface area contributed by atoms with Crippen molar-refractivity contribution in [3.8, 4) is 55.6 Å². The molecule has 1 unspecified atom stereocenters. The molecule has 0 aliphatic heterocycles. The lowest BCUT2D eigenvalue weighted by Gasteiger charge is -2.36. The van der Waals surface area contributed by atoms with E-state index in [1.807, 2.05) is 0 Å². The van der Waals surface area contributed by atoms with Gasteiger partial charge in [-0.25, -0.2) is 0 Å². The molecule has 12 aromatic carbocycles. The van der Waals surface area contributed by atoms with Crippen LogP contribution in [0.2, 0.25) is 0 Å². The molecule has 76 heavy (non-hydrogen) atoms. The van der Waals surface area contributed by atoms with Gasteiger partial charge in [-0.3, -0.25) is 0 Å². The monoisotopic (exact) mass is 965 g/mol. The molecule has 0 saturated heterocycles. The number of fused-ring (bicyclic) bond motifs is 16. The van der Waals surface area contributed by atoms with Crippen molar-refractivity contribution in [1.82, 2.24) is 0 Å². The van der Waals surface area contributed by atoms with Gasteiger partial charge in [0.1, 0.15) is 11.2 Å². The minimum atomic E-state index is -0.662. The molecule has 3 aliphatic rings. The Balaban J connectivity index is 1.01. The second kappa shape index (κ2) is 16.4. The largest absolute Gasteiger partial charge is 0.456 e. The predicted octanol–water partition coefficient (Wildman–Crippen LogP) is 19.1. The summed E-state index contributed by atoms with van der Waals surface area (Å²) in [4.78, 5) is 2.55. The Morgan fingerprint density at radius 2 is 0.763 bits per heavy atom. The Morgan fingerprint density at radius 3 is 1.43 bits per heavy atom. The van der Waals surface area contributed by atoms with Crippen LogP contribution in [-0.4, -0.2) is 0 Å². The SMILES string of the molecule is c1ccc(-c2ccc3c(c2)C(c2ccccc2)(c2cccc(N(c4cccc5c4-c4ccccc4C54c5ccccc5-c5ccccc54)c4cccc5oc6ccc(-c7ccccc7)cc6c45)c2)c2ccccc2-3)cc1. The van der Waals surface area contributed by atoms with Gasteiger partial charge in [-0.15, -0.1) is 0 Å². The number of rotatable bonds is 7. The zero-order valence-electron chi connectivity index (χ0n) is 41.5. The second-order valence-corrected chi connectivity index (χ2v) is 20.6. The summed E-state index contributed by atoms with van der Waals surface area (Å²) in [5.74, 6) is 0. The molecule has 0 radical (unpaired) electrons. The molecule has 0 N–H and O–H groups in total. The fraction of sp³-hybridized carbons (Fsp3) is 0.0270. The Labute approximate surface area is 442 Å². The Hall–Kier alpha value is -9.76. The van der Waals surface area contributed by atoms with Crippen LogP contribution in [0.25, 0.3) is 77.6 Å². The molecule has 0 bridgehead atoms. The molecule has 0 saturated carbocycles. The van der Waals surface area contributed by atoms with Crippen molar-refractivity contribution < 1.29 is 4.42 Å². The fourth-order valence-corrected chi connectivity index (χ4v) is 14.0. The highest BCUT2D eigenvalue weighted by molar-refractivity contribution is 6.15. The normalized spacial score (nSPS) is 15.0. The number of hydrogen-bond acceptors (Lipinski definition) is 2. The summed E-state index contributed by atoms with van der Waals surface area (Å²) >= 11 is 0. The molecule has 1 aromatic heterocycles. The molecule has 0 amide bonds. The molecular weight excluding hydrogens is 919 g/mol. The van der Waals surface area contributed by atoms with Gasteiger partial charge in [-0.1, -0.05) is 237 Å². The molecule has 3 aliphatic carbocycles. The zero-order valence-corrected chi connectivity index (χ0v) is 41.5. The van der Waals surface area contributed by atoms with Crippen LogP contribution >= 0.6 is 0 Å². The topological polar surface area (TPSA) is 16.4 Å². The molecule has 354 valence electrons. The van der Waals surface area contributed by atoms with E-state index < -0.39 is 10.8 Å². The van der Waals surface area contributed by atoms with E-state index in [9.17, 15) is 0 Å². The first-order valence-electron chi connectivity index (χ1n) is 26.4. The van der Waals surface area contributed by atoms with Crippen LogP contribution < -0.4 is 4.90 Å². The van der Waals surface area contributed by atoms with Gasteiger partial charge in [0, 0.05) is 16.6 Å². The lowest BCUT2D eigenvalue weighted by molar-refractivity contribution is 0.669. The summed E-state index contributed by atoms with van der Waals surface area (Å²) in [6.45, 7) is 0. The number of hydrogen-bond donors (Lipinski definition) is 0. The molecule has 2 nitrogen and oxygen atoms in total. The van der Waals surface area contributed by atoms with E-state index >= 15 is 0 Å². The molecule has 1 atom stereocenters. The average Bonchev–Trinajstić information content (AvgIpc) is 4.42. The quantitative estimate of drug-likeness (QED) is 0.158. The second-order valence-electron chi connectivity index (χ2n) is 20.6. The van der Waals surface area contributed by atoms with Gasteiger partial charge >= 0.3 is 0 Å².